The van der Waals surface area contributed by atoms with Gasteiger partial charge in [-0.15, -0.1) is 0 Å². The molecular formula is C38H44. The van der Waals surface area contributed by atoms with E-state index in [1.54, 1.807) is 11.1 Å². The van der Waals surface area contributed by atoms with E-state index in [1.807, 2.05) is 5.57 Å². The Bertz CT molecular complexity index is 1250. The molecule has 0 bridgehead atoms. The Hall–Kier alpha value is -2.34. The summed E-state index contributed by atoms with van der Waals surface area (Å²) in [6, 6.07) is 9.18. The second-order valence-electron chi connectivity index (χ2n) is 13.9. The van der Waals surface area contributed by atoms with Crippen molar-refractivity contribution in [1.82, 2.24) is 0 Å². The van der Waals surface area contributed by atoms with Gasteiger partial charge in [0.2, 0.25) is 0 Å². The van der Waals surface area contributed by atoms with Gasteiger partial charge in [0.1, 0.15) is 0 Å². The van der Waals surface area contributed by atoms with Gasteiger partial charge in [0.15, 0.2) is 0 Å². The second-order valence-corrected chi connectivity index (χ2v) is 13.9. The zero-order valence-electron chi connectivity index (χ0n) is 22.9. The van der Waals surface area contributed by atoms with Crippen molar-refractivity contribution in [2.75, 3.05) is 0 Å². The molecule has 7 aliphatic rings. The first-order chi connectivity index (χ1) is 18.8. The van der Waals surface area contributed by atoms with Gasteiger partial charge in [0, 0.05) is 0 Å². The molecule has 3 fully saturated rings. The first-order valence-electron chi connectivity index (χ1n) is 16.0. The van der Waals surface area contributed by atoms with E-state index in [1.165, 1.54) is 69.8 Å². The molecule has 0 amide bonds. The van der Waals surface area contributed by atoms with Gasteiger partial charge in [0.05, 0.1) is 0 Å². The summed E-state index contributed by atoms with van der Waals surface area (Å²) in [7, 11) is 0. The summed E-state index contributed by atoms with van der Waals surface area (Å²) in [4.78, 5) is 0. The van der Waals surface area contributed by atoms with Crippen LogP contribution in [-0.4, -0.2) is 0 Å². The van der Waals surface area contributed by atoms with Crippen LogP contribution in [0.4, 0.5) is 0 Å². The lowest BCUT2D eigenvalue weighted by Crippen LogP contribution is -2.52. The molecule has 0 heteroatoms. The van der Waals surface area contributed by atoms with Crippen molar-refractivity contribution < 1.29 is 0 Å². The van der Waals surface area contributed by atoms with Crippen molar-refractivity contribution in [1.29, 1.82) is 0 Å². The summed E-state index contributed by atoms with van der Waals surface area (Å²) >= 11 is 0. The van der Waals surface area contributed by atoms with E-state index in [2.05, 4.69) is 85.0 Å². The molecule has 38 heavy (non-hydrogen) atoms. The van der Waals surface area contributed by atoms with Crippen LogP contribution in [0.3, 0.4) is 0 Å². The number of allylic oxidation sites excluding steroid dienone is 11. The molecule has 0 nitrogen and oxygen atoms in total. The Labute approximate surface area is 230 Å². The van der Waals surface area contributed by atoms with Gasteiger partial charge in [0.25, 0.3) is 0 Å². The first-order valence-corrected chi connectivity index (χ1v) is 16.0. The zero-order chi connectivity index (χ0) is 25.1. The summed E-state index contributed by atoms with van der Waals surface area (Å²) in [6.07, 6.45) is 39.1. The summed E-state index contributed by atoms with van der Waals surface area (Å²) in [5, 5.41) is 0. The molecule has 0 radical (unpaired) electrons. The molecule has 0 saturated heterocycles. The fourth-order valence-corrected chi connectivity index (χ4v) is 10.7. The predicted molar refractivity (Wildman–Crippen MR) is 159 cm³/mol. The van der Waals surface area contributed by atoms with Gasteiger partial charge in [-0.3, -0.25) is 0 Å². The maximum atomic E-state index is 2.68. The normalized spacial score (nSPS) is 42.6. The lowest BCUT2D eigenvalue weighted by atomic mass is 9.46. The van der Waals surface area contributed by atoms with Gasteiger partial charge in [-0.05, 0) is 114 Å². The molecule has 1 aromatic carbocycles. The van der Waals surface area contributed by atoms with Gasteiger partial charge >= 0.3 is 0 Å². The van der Waals surface area contributed by atoms with Crippen LogP contribution in [-0.2, 0) is 6.42 Å². The van der Waals surface area contributed by atoms with Crippen molar-refractivity contribution in [2.45, 2.75) is 64.2 Å². The van der Waals surface area contributed by atoms with E-state index in [4.69, 9.17) is 0 Å². The Kier molecular flexibility index (Phi) is 6.00. The van der Waals surface area contributed by atoms with Crippen molar-refractivity contribution in [3.63, 3.8) is 0 Å². The number of rotatable bonds is 2. The molecule has 8 rings (SSSR count). The van der Waals surface area contributed by atoms with E-state index in [9.17, 15) is 0 Å². The molecule has 0 N–H and O–H groups in total. The van der Waals surface area contributed by atoms with Crippen molar-refractivity contribution in [3.8, 4) is 0 Å². The highest BCUT2D eigenvalue weighted by Crippen LogP contribution is 2.62. The molecule has 10 atom stereocenters. The lowest BCUT2D eigenvalue weighted by molar-refractivity contribution is -0.0412. The maximum absolute atomic E-state index is 2.68. The van der Waals surface area contributed by atoms with Crippen LogP contribution < -0.4 is 0 Å². The Balaban J connectivity index is 1.19. The van der Waals surface area contributed by atoms with Gasteiger partial charge < -0.3 is 0 Å². The van der Waals surface area contributed by atoms with E-state index in [0.717, 1.165) is 53.3 Å². The largest absolute Gasteiger partial charge is 0.0839 e. The highest BCUT2D eigenvalue weighted by molar-refractivity contribution is 5.57. The maximum Gasteiger partial charge on any atom is -0.00996 e. The van der Waals surface area contributed by atoms with E-state index < -0.39 is 0 Å². The predicted octanol–water partition coefficient (Wildman–Crippen LogP) is 9.53. The smallest absolute Gasteiger partial charge is 0.00996 e. The number of fused-ring (bicyclic) bond motifs is 5. The highest BCUT2D eigenvalue weighted by Gasteiger charge is 2.54. The minimum atomic E-state index is 0.665. The van der Waals surface area contributed by atoms with Gasteiger partial charge in [-0.25, -0.2) is 0 Å². The second kappa shape index (κ2) is 9.69. The third kappa shape index (κ3) is 3.92. The molecule has 196 valence electrons. The van der Waals surface area contributed by atoms with E-state index >= 15 is 0 Å². The Morgan fingerprint density at radius 2 is 1.50 bits per heavy atom. The molecule has 10 unspecified atom stereocenters. The van der Waals surface area contributed by atoms with Crippen molar-refractivity contribution in [2.24, 2.45) is 59.2 Å². The van der Waals surface area contributed by atoms with Crippen LogP contribution in [0.5, 0.6) is 0 Å². The molecule has 3 saturated carbocycles. The molecular weight excluding hydrogens is 456 g/mol. The standard InChI is InChI=1S/C38H44/c1-3-11-27-21-31(19-17-25(27)9-1)37-33-15-7-8-16-34(33)38(32-20-18-26-10-2-4-12-28(26)22-32)36-24-30-14-6-5-13-29(30)23-35(36)37/h1-4,7-11,15,17-20,28-32,34-38H,5-6,12-14,16,21-24H2. The summed E-state index contributed by atoms with van der Waals surface area (Å²) < 4.78 is 0. The number of hydrogen-bond acceptors (Lipinski definition) is 0. The quantitative estimate of drug-likeness (QED) is 0.379. The number of benzene rings is 1. The van der Waals surface area contributed by atoms with Crippen LogP contribution in [0.25, 0.3) is 6.08 Å². The molecule has 1 aromatic rings. The van der Waals surface area contributed by atoms with Crippen LogP contribution in [0.15, 0.2) is 90.1 Å². The summed E-state index contributed by atoms with van der Waals surface area (Å²) in [5.74, 6) is 8.24. The number of hydrogen-bond donors (Lipinski definition) is 0. The fraction of sp³-hybridized carbons (Fsp3) is 0.526. The third-order valence-electron chi connectivity index (χ3n) is 12.2. The molecule has 0 heterocycles. The van der Waals surface area contributed by atoms with Crippen molar-refractivity contribution >= 4 is 6.08 Å². The fourth-order valence-electron chi connectivity index (χ4n) is 10.7. The van der Waals surface area contributed by atoms with E-state index in [0.29, 0.717) is 5.92 Å². The van der Waals surface area contributed by atoms with Crippen molar-refractivity contribution in [3.05, 3.63) is 101 Å². The van der Waals surface area contributed by atoms with Crippen LogP contribution >= 0.6 is 0 Å². The minimum absolute atomic E-state index is 0.665. The molecule has 0 aliphatic heterocycles. The van der Waals surface area contributed by atoms with Crippen LogP contribution in [0.2, 0.25) is 0 Å². The molecule has 7 aliphatic carbocycles. The summed E-state index contributed by atoms with van der Waals surface area (Å²) in [6.45, 7) is 0. The van der Waals surface area contributed by atoms with Crippen LogP contribution in [0.1, 0.15) is 68.9 Å². The van der Waals surface area contributed by atoms with Crippen LogP contribution in [0, 0.1) is 59.2 Å². The van der Waals surface area contributed by atoms with Gasteiger partial charge in [-0.2, -0.15) is 0 Å². The highest BCUT2D eigenvalue weighted by atomic mass is 14.6. The SMILES string of the molecule is C1=CCC2CC(C3C4CC=CC=C4C(C4C=Cc5ccccc5C4)C4CC5CCCCC5CC43)C=CC2=C1. The zero-order valence-corrected chi connectivity index (χ0v) is 22.9. The molecule has 0 spiro atoms. The summed E-state index contributed by atoms with van der Waals surface area (Å²) in [5.41, 5.74) is 6.47. The van der Waals surface area contributed by atoms with Gasteiger partial charge in [-0.1, -0.05) is 116 Å². The Morgan fingerprint density at radius 1 is 0.711 bits per heavy atom. The Morgan fingerprint density at radius 3 is 2.42 bits per heavy atom. The monoisotopic (exact) mass is 500 g/mol. The topological polar surface area (TPSA) is 0 Å². The molecule has 0 aromatic heterocycles. The minimum Gasteiger partial charge on any atom is -0.0839 e. The average Bonchev–Trinajstić information content (AvgIpc) is 2.98. The third-order valence-corrected chi connectivity index (χ3v) is 12.2. The average molecular weight is 501 g/mol. The first kappa shape index (κ1) is 23.5. The van der Waals surface area contributed by atoms with E-state index in [-0.39, 0.29) is 0 Å². The lowest BCUT2D eigenvalue weighted by Gasteiger charge is -2.59.